The van der Waals surface area contributed by atoms with E-state index in [1.165, 1.54) is 19.3 Å². The molecule has 0 bridgehead atoms. The standard InChI is InChI=1S/C13H20N2O/c1-10(2)16-13-12(7-4-8-14-13)15-9-11-5-3-6-11/h4,7-8,10-11,15H,3,5-6,9H2,1-2H3. The maximum atomic E-state index is 5.66. The van der Waals surface area contributed by atoms with Crippen LogP contribution < -0.4 is 10.1 Å². The monoisotopic (exact) mass is 220 g/mol. The number of anilines is 1. The summed E-state index contributed by atoms with van der Waals surface area (Å²) >= 11 is 0. The van der Waals surface area contributed by atoms with Gasteiger partial charge in [0.2, 0.25) is 5.88 Å². The Morgan fingerprint density at radius 3 is 2.94 bits per heavy atom. The number of nitrogens with one attached hydrogen (secondary N) is 1. The number of ether oxygens (including phenoxy) is 1. The van der Waals surface area contributed by atoms with Gasteiger partial charge in [-0.3, -0.25) is 0 Å². The van der Waals surface area contributed by atoms with Crippen molar-refractivity contribution in [3.63, 3.8) is 0 Å². The summed E-state index contributed by atoms with van der Waals surface area (Å²) in [6, 6.07) is 3.97. The molecule has 1 aromatic rings. The van der Waals surface area contributed by atoms with Gasteiger partial charge in [-0.05, 0) is 44.7 Å². The van der Waals surface area contributed by atoms with Crippen molar-refractivity contribution in [1.82, 2.24) is 4.98 Å². The van der Waals surface area contributed by atoms with E-state index in [0.29, 0.717) is 0 Å². The molecule has 3 heteroatoms. The summed E-state index contributed by atoms with van der Waals surface area (Å²) in [4.78, 5) is 4.26. The van der Waals surface area contributed by atoms with Gasteiger partial charge in [-0.25, -0.2) is 4.98 Å². The molecule has 0 aromatic carbocycles. The van der Waals surface area contributed by atoms with Gasteiger partial charge in [-0.15, -0.1) is 0 Å². The van der Waals surface area contributed by atoms with Crippen molar-refractivity contribution in [1.29, 1.82) is 0 Å². The minimum absolute atomic E-state index is 0.166. The van der Waals surface area contributed by atoms with Crippen LogP contribution in [0.4, 0.5) is 5.69 Å². The lowest BCUT2D eigenvalue weighted by Crippen LogP contribution is -2.21. The van der Waals surface area contributed by atoms with Crippen LogP contribution in [0.3, 0.4) is 0 Å². The molecule has 1 N–H and O–H groups in total. The number of aromatic nitrogens is 1. The lowest BCUT2D eigenvalue weighted by molar-refractivity contribution is 0.233. The molecule has 0 aliphatic heterocycles. The zero-order chi connectivity index (χ0) is 11.4. The Hall–Kier alpha value is -1.25. The molecule has 1 aromatic heterocycles. The van der Waals surface area contributed by atoms with Gasteiger partial charge in [0.05, 0.1) is 11.8 Å². The Balaban J connectivity index is 1.94. The molecule has 0 amide bonds. The Morgan fingerprint density at radius 2 is 2.31 bits per heavy atom. The summed E-state index contributed by atoms with van der Waals surface area (Å²) < 4.78 is 5.66. The van der Waals surface area contributed by atoms with E-state index in [0.717, 1.165) is 24.0 Å². The predicted octanol–water partition coefficient (Wildman–Crippen LogP) is 3.08. The highest BCUT2D eigenvalue weighted by Gasteiger charge is 2.17. The first-order valence-electron chi connectivity index (χ1n) is 6.11. The summed E-state index contributed by atoms with van der Waals surface area (Å²) in [5.41, 5.74) is 1.02. The summed E-state index contributed by atoms with van der Waals surface area (Å²) in [6.45, 7) is 5.08. The first kappa shape index (κ1) is 11.2. The van der Waals surface area contributed by atoms with E-state index in [1.807, 2.05) is 26.0 Å². The van der Waals surface area contributed by atoms with E-state index < -0.39 is 0 Å². The second-order valence-corrected chi connectivity index (χ2v) is 4.70. The van der Waals surface area contributed by atoms with E-state index in [4.69, 9.17) is 4.74 Å². The van der Waals surface area contributed by atoms with Crippen LogP contribution in [-0.2, 0) is 0 Å². The maximum Gasteiger partial charge on any atom is 0.237 e. The van der Waals surface area contributed by atoms with Gasteiger partial charge in [-0.2, -0.15) is 0 Å². The molecule has 0 unspecified atom stereocenters. The van der Waals surface area contributed by atoms with Gasteiger partial charge in [0, 0.05) is 12.7 Å². The van der Waals surface area contributed by atoms with Crippen molar-refractivity contribution >= 4 is 5.69 Å². The zero-order valence-corrected chi connectivity index (χ0v) is 10.1. The molecule has 88 valence electrons. The van der Waals surface area contributed by atoms with E-state index >= 15 is 0 Å². The topological polar surface area (TPSA) is 34.1 Å². The number of rotatable bonds is 5. The molecule has 16 heavy (non-hydrogen) atoms. The molecular weight excluding hydrogens is 200 g/mol. The van der Waals surface area contributed by atoms with Crippen LogP contribution in [-0.4, -0.2) is 17.6 Å². The smallest absolute Gasteiger partial charge is 0.237 e. The van der Waals surface area contributed by atoms with E-state index in [-0.39, 0.29) is 6.10 Å². The Morgan fingerprint density at radius 1 is 1.50 bits per heavy atom. The van der Waals surface area contributed by atoms with Crippen LogP contribution in [0.1, 0.15) is 33.1 Å². The molecule has 2 rings (SSSR count). The fraction of sp³-hybridized carbons (Fsp3) is 0.615. The number of hydrogen-bond acceptors (Lipinski definition) is 3. The van der Waals surface area contributed by atoms with Crippen LogP contribution in [0.15, 0.2) is 18.3 Å². The van der Waals surface area contributed by atoms with Crippen LogP contribution in [0.5, 0.6) is 5.88 Å². The molecule has 0 spiro atoms. The van der Waals surface area contributed by atoms with E-state index in [1.54, 1.807) is 6.20 Å². The highest BCUT2D eigenvalue weighted by molar-refractivity contribution is 5.52. The molecule has 1 saturated carbocycles. The average molecular weight is 220 g/mol. The van der Waals surface area contributed by atoms with Gasteiger partial charge in [0.15, 0.2) is 0 Å². The molecule has 1 heterocycles. The molecule has 3 nitrogen and oxygen atoms in total. The lowest BCUT2D eigenvalue weighted by atomic mass is 9.85. The average Bonchev–Trinajstić information content (AvgIpc) is 2.17. The Labute approximate surface area is 97.2 Å². The molecule has 1 fully saturated rings. The lowest BCUT2D eigenvalue weighted by Gasteiger charge is -2.26. The third-order valence-electron chi connectivity index (χ3n) is 2.92. The van der Waals surface area contributed by atoms with Gasteiger partial charge < -0.3 is 10.1 Å². The molecule has 1 aliphatic carbocycles. The highest BCUT2D eigenvalue weighted by atomic mass is 16.5. The van der Waals surface area contributed by atoms with Gasteiger partial charge in [0.25, 0.3) is 0 Å². The van der Waals surface area contributed by atoms with Gasteiger partial charge in [-0.1, -0.05) is 6.42 Å². The molecule has 0 radical (unpaired) electrons. The van der Waals surface area contributed by atoms with Crippen LogP contribution in [0.25, 0.3) is 0 Å². The maximum absolute atomic E-state index is 5.66. The van der Waals surface area contributed by atoms with Gasteiger partial charge >= 0.3 is 0 Å². The minimum atomic E-state index is 0.166. The number of hydrogen-bond donors (Lipinski definition) is 1. The predicted molar refractivity (Wildman–Crippen MR) is 65.8 cm³/mol. The highest BCUT2D eigenvalue weighted by Crippen LogP contribution is 2.28. The second-order valence-electron chi connectivity index (χ2n) is 4.70. The van der Waals surface area contributed by atoms with Crippen molar-refractivity contribution in [3.05, 3.63) is 18.3 Å². The fourth-order valence-corrected chi connectivity index (χ4v) is 1.79. The number of pyridine rings is 1. The fourth-order valence-electron chi connectivity index (χ4n) is 1.79. The van der Waals surface area contributed by atoms with E-state index in [2.05, 4.69) is 10.3 Å². The second kappa shape index (κ2) is 5.19. The van der Waals surface area contributed by atoms with Crippen molar-refractivity contribution < 1.29 is 4.74 Å². The largest absolute Gasteiger partial charge is 0.473 e. The third-order valence-corrected chi connectivity index (χ3v) is 2.92. The van der Waals surface area contributed by atoms with Gasteiger partial charge in [0.1, 0.15) is 0 Å². The molecule has 1 aliphatic rings. The summed E-state index contributed by atoms with van der Waals surface area (Å²) in [5.74, 6) is 1.56. The summed E-state index contributed by atoms with van der Waals surface area (Å²) in [6.07, 6.45) is 6.03. The molecule has 0 saturated heterocycles. The minimum Gasteiger partial charge on any atom is -0.473 e. The molecule has 0 atom stereocenters. The Bertz CT molecular complexity index is 334. The third kappa shape index (κ3) is 2.87. The number of nitrogens with zero attached hydrogens (tertiary/aromatic N) is 1. The SMILES string of the molecule is CC(C)Oc1ncccc1NCC1CCC1. The van der Waals surface area contributed by atoms with Crippen molar-refractivity contribution in [3.8, 4) is 5.88 Å². The van der Waals surface area contributed by atoms with E-state index in [9.17, 15) is 0 Å². The first-order valence-corrected chi connectivity index (χ1v) is 6.11. The van der Waals surface area contributed by atoms with Crippen LogP contribution >= 0.6 is 0 Å². The quantitative estimate of drug-likeness (QED) is 0.828. The Kier molecular flexibility index (Phi) is 3.65. The summed E-state index contributed by atoms with van der Waals surface area (Å²) in [7, 11) is 0. The first-order chi connectivity index (χ1) is 7.75. The van der Waals surface area contributed by atoms with Crippen molar-refractivity contribution in [2.75, 3.05) is 11.9 Å². The summed E-state index contributed by atoms with van der Waals surface area (Å²) in [5, 5.41) is 3.43. The zero-order valence-electron chi connectivity index (χ0n) is 10.1. The van der Waals surface area contributed by atoms with Crippen LogP contribution in [0.2, 0.25) is 0 Å². The molecular formula is C13H20N2O. The van der Waals surface area contributed by atoms with Crippen LogP contribution in [0, 0.1) is 5.92 Å². The normalized spacial score (nSPS) is 15.9. The van der Waals surface area contributed by atoms with Crippen molar-refractivity contribution in [2.24, 2.45) is 5.92 Å². The van der Waals surface area contributed by atoms with Crippen molar-refractivity contribution in [2.45, 2.75) is 39.2 Å².